The molecule has 0 aliphatic heterocycles. The molecule has 0 radical (unpaired) electrons. The molecule has 26 aromatic rings. The molecule has 0 saturated carbocycles. The minimum Gasteiger partial charge on any atom is -0.456 e. The zero-order valence-electron chi connectivity index (χ0n) is 83.4. The van der Waals surface area contributed by atoms with E-state index in [-0.39, 0.29) is 32.5 Å². The highest BCUT2D eigenvalue weighted by atomic mass is 32.1. The summed E-state index contributed by atoms with van der Waals surface area (Å²) < 4.78 is 31.3. The largest absolute Gasteiger partial charge is 0.456 e. The van der Waals surface area contributed by atoms with Gasteiger partial charge >= 0.3 is 0 Å². The molecule has 692 valence electrons. The van der Waals surface area contributed by atoms with Gasteiger partial charge in [0.1, 0.15) is 33.5 Å². The normalized spacial score (nSPS) is 12.4. The van der Waals surface area contributed by atoms with Gasteiger partial charge in [0.25, 0.3) is 0 Å². The van der Waals surface area contributed by atoms with E-state index in [1.807, 2.05) is 59.1 Å². The Balaban J connectivity index is 0.000000107. The Bertz CT molecular complexity index is 8700. The third kappa shape index (κ3) is 16.9. The fourth-order valence-corrected chi connectivity index (χ4v) is 23.5. The van der Waals surface area contributed by atoms with E-state index in [9.17, 15) is 0 Å². The first kappa shape index (κ1) is 91.6. The molecule has 0 aliphatic rings. The minimum absolute atomic E-state index is 0.0499. The van der Waals surface area contributed by atoms with Crippen LogP contribution in [-0.4, -0.2) is 13.7 Å². The Labute approximate surface area is 828 Å². The van der Waals surface area contributed by atoms with Crippen LogP contribution < -0.4 is 0 Å². The van der Waals surface area contributed by atoms with Crippen molar-refractivity contribution in [3.8, 4) is 28.2 Å². The summed E-state index contributed by atoms with van der Waals surface area (Å²) in [6, 6.07) is 141. The standard InChI is InChI=1S/C46H35N3.C22H20O.2C16H16O.2C16H16S/c1-46(2,3)39-21-14-20-38-37-19-8-13-26-44(37)49(45(38)39)32-28-30(47-40-22-9-4-15-33(40)34-16-5-10-23-41(34)47)27-31(29-32)48-42-24-11-6-17-35(42)36-18-7-12-25-43(36)48;1-22(2,3)19-14-8-13-18-17-12-7-11-16(20(17)23-21(18)19)15-9-5-4-6-10-15;1-16(2,3)13-9-6-8-12-11-7-4-5-10-14(11)17-15(12)13;1-16(2,3)12-8-6-10-14-15(12)11-7-4-5-9-13(11)17-14;1-16(2,3)13-9-6-8-12-11-7-4-5-10-14(11)17-15(12)13;1-16(2,3)12-8-6-10-14-15(12)11-7-4-5-9-13(11)17-14/h4-29H,1-3H3;4-14H,1-3H3;4*4-10H,1-3H3. The monoisotopic (exact) mass is 1860 g/mol. The van der Waals surface area contributed by atoms with Gasteiger partial charge in [0, 0.05) is 122 Å². The van der Waals surface area contributed by atoms with Gasteiger partial charge in [-0.15, -0.1) is 22.7 Å². The molecule has 18 aromatic carbocycles. The zero-order chi connectivity index (χ0) is 97.1. The summed E-state index contributed by atoms with van der Waals surface area (Å²) in [7, 11) is 0. The van der Waals surface area contributed by atoms with E-state index < -0.39 is 0 Å². The van der Waals surface area contributed by atoms with Crippen molar-refractivity contribution >= 4 is 194 Å². The molecule has 0 saturated heterocycles. The molecule has 0 spiro atoms. The molecule has 26 rings (SSSR count). The van der Waals surface area contributed by atoms with Crippen molar-refractivity contribution < 1.29 is 13.3 Å². The zero-order valence-corrected chi connectivity index (χ0v) is 85.0. The highest BCUT2D eigenvalue weighted by Gasteiger charge is 2.29. The first-order chi connectivity index (χ1) is 67.3. The minimum atomic E-state index is -0.0499. The van der Waals surface area contributed by atoms with E-state index >= 15 is 0 Å². The van der Waals surface area contributed by atoms with E-state index in [0.717, 1.165) is 56.1 Å². The fourth-order valence-electron chi connectivity index (χ4n) is 21.0. The lowest BCUT2D eigenvalue weighted by atomic mass is 9.84. The molecule has 0 atom stereocenters. The molecule has 0 bridgehead atoms. The number of hydrogen-bond acceptors (Lipinski definition) is 5. The van der Waals surface area contributed by atoms with Crippen LogP contribution in [0.25, 0.3) is 200 Å². The Kier molecular flexibility index (Phi) is 23.5. The summed E-state index contributed by atoms with van der Waals surface area (Å²) in [4.78, 5) is 0. The second-order valence-electron chi connectivity index (χ2n) is 43.4. The van der Waals surface area contributed by atoms with Crippen molar-refractivity contribution in [2.75, 3.05) is 0 Å². The Morgan fingerprint density at radius 3 is 1.03 bits per heavy atom. The predicted octanol–water partition coefficient (Wildman–Crippen LogP) is 39.3. The molecule has 0 fully saturated rings. The van der Waals surface area contributed by atoms with E-state index in [1.165, 1.54) is 177 Å². The van der Waals surface area contributed by atoms with Crippen LogP contribution in [0.4, 0.5) is 0 Å². The van der Waals surface area contributed by atoms with Crippen LogP contribution in [0.5, 0.6) is 0 Å². The van der Waals surface area contributed by atoms with Crippen LogP contribution in [0.2, 0.25) is 0 Å². The number of para-hydroxylation sites is 11. The lowest BCUT2D eigenvalue weighted by molar-refractivity contribution is 0.572. The summed E-state index contributed by atoms with van der Waals surface area (Å²) in [6.45, 7) is 40.7. The van der Waals surface area contributed by atoms with Gasteiger partial charge in [0.05, 0.1) is 50.2 Å². The second-order valence-corrected chi connectivity index (χ2v) is 45.6. The molecular formula is C132H119N3O3S2. The number of furan rings is 3. The van der Waals surface area contributed by atoms with Crippen LogP contribution in [-0.2, 0) is 32.5 Å². The molecule has 8 heteroatoms. The summed E-state index contributed by atoms with van der Waals surface area (Å²) in [5.74, 6) is 0. The molecule has 8 aromatic heterocycles. The Morgan fingerprint density at radius 1 is 0.193 bits per heavy atom. The second kappa shape index (κ2) is 35.9. The quantitative estimate of drug-likeness (QED) is 0.176. The average Bonchev–Trinajstić information content (AvgIpc) is 1.56. The van der Waals surface area contributed by atoms with Crippen LogP contribution in [0.3, 0.4) is 0 Å². The first-order valence-corrected chi connectivity index (χ1v) is 50.7. The first-order valence-electron chi connectivity index (χ1n) is 49.1. The summed E-state index contributed by atoms with van der Waals surface area (Å²) in [5.41, 5.74) is 27.7. The van der Waals surface area contributed by atoms with Gasteiger partial charge in [-0.1, -0.05) is 434 Å². The molecule has 6 nitrogen and oxygen atoms in total. The number of nitrogens with zero attached hydrogens (tertiary/aromatic N) is 3. The maximum Gasteiger partial charge on any atom is 0.143 e. The van der Waals surface area contributed by atoms with Gasteiger partial charge in [-0.05, 0) is 145 Å². The van der Waals surface area contributed by atoms with Gasteiger partial charge in [0.15, 0.2) is 0 Å². The third-order valence-electron chi connectivity index (χ3n) is 27.6. The van der Waals surface area contributed by atoms with Crippen molar-refractivity contribution in [3.05, 3.63) is 428 Å². The van der Waals surface area contributed by atoms with Gasteiger partial charge < -0.3 is 27.0 Å². The topological polar surface area (TPSA) is 54.2 Å². The van der Waals surface area contributed by atoms with Gasteiger partial charge in [-0.3, -0.25) is 0 Å². The van der Waals surface area contributed by atoms with Crippen molar-refractivity contribution in [3.63, 3.8) is 0 Å². The molecule has 0 unspecified atom stereocenters. The van der Waals surface area contributed by atoms with Gasteiger partial charge in [0.2, 0.25) is 0 Å². The third-order valence-corrected chi connectivity index (χ3v) is 29.9. The smallest absolute Gasteiger partial charge is 0.143 e. The maximum absolute atomic E-state index is 6.40. The maximum atomic E-state index is 6.40. The molecule has 0 N–H and O–H groups in total. The molecule has 8 heterocycles. The average molecular weight is 1860 g/mol. The number of fused-ring (bicyclic) bond motifs is 24. The Morgan fingerprint density at radius 2 is 0.514 bits per heavy atom. The van der Waals surface area contributed by atoms with Crippen molar-refractivity contribution in [2.24, 2.45) is 0 Å². The van der Waals surface area contributed by atoms with Crippen LogP contribution in [0, 0.1) is 0 Å². The lowest BCUT2D eigenvalue weighted by Gasteiger charge is -2.23. The van der Waals surface area contributed by atoms with Gasteiger partial charge in [-0.25, -0.2) is 0 Å². The van der Waals surface area contributed by atoms with E-state index in [2.05, 4.69) is 496 Å². The SMILES string of the molecule is CC(C)(C)c1cccc2c1oc1c(-c3ccccc3)cccc12.CC(C)(C)c1cccc2c1oc1ccccc12.CC(C)(C)c1cccc2c1sc1ccccc12.CC(C)(C)c1cccc2c3ccccc3n(-c3cc(-n4c5ccccc5c5ccccc54)cc(-n4c5ccccc5c5ccccc54)c3)c12.CC(C)(C)c1cccc2oc3ccccc3c12.CC(C)(C)c1cccc2sc3ccccc3c12. The number of benzene rings is 18. The molecule has 140 heavy (non-hydrogen) atoms. The molecule has 0 aliphatic carbocycles. The summed E-state index contributed by atoms with van der Waals surface area (Å²) in [5, 5.41) is 20.5. The highest BCUT2D eigenvalue weighted by Crippen LogP contribution is 2.48. The Hall–Kier alpha value is -14.8. The van der Waals surface area contributed by atoms with Crippen LogP contribution in [0.1, 0.15) is 158 Å². The van der Waals surface area contributed by atoms with E-state index in [1.54, 1.807) is 0 Å². The van der Waals surface area contributed by atoms with E-state index in [4.69, 9.17) is 13.3 Å². The van der Waals surface area contributed by atoms with Crippen molar-refractivity contribution in [2.45, 2.75) is 157 Å². The van der Waals surface area contributed by atoms with Crippen LogP contribution in [0.15, 0.2) is 408 Å². The summed E-state index contributed by atoms with van der Waals surface area (Å²) >= 11 is 3.81. The summed E-state index contributed by atoms with van der Waals surface area (Å²) in [6.07, 6.45) is 0. The van der Waals surface area contributed by atoms with Gasteiger partial charge in [-0.2, -0.15) is 0 Å². The number of thiophene rings is 2. The molecular weight excluding hydrogens is 1740 g/mol. The predicted molar refractivity (Wildman–Crippen MR) is 607 cm³/mol. The molecule has 0 amide bonds. The fraction of sp³-hybridized carbons (Fsp3) is 0.182. The lowest BCUT2D eigenvalue weighted by Crippen LogP contribution is -2.13. The van der Waals surface area contributed by atoms with E-state index in [0.29, 0.717) is 0 Å². The number of rotatable bonds is 4. The van der Waals surface area contributed by atoms with Crippen molar-refractivity contribution in [1.82, 2.24) is 13.7 Å². The highest BCUT2D eigenvalue weighted by molar-refractivity contribution is 7.26. The number of hydrogen-bond donors (Lipinski definition) is 0. The van der Waals surface area contributed by atoms with Crippen LogP contribution >= 0.6 is 22.7 Å². The number of aromatic nitrogens is 3. The van der Waals surface area contributed by atoms with Crippen molar-refractivity contribution in [1.29, 1.82) is 0 Å².